The number of aromatic nitrogens is 2. The van der Waals surface area contributed by atoms with Crippen LogP contribution in [0.5, 0.6) is 5.75 Å². The molecule has 0 saturated carbocycles. The highest BCUT2D eigenvalue weighted by Gasteiger charge is 2.16. The number of ether oxygens (including phenoxy) is 1. The highest BCUT2D eigenvalue weighted by Crippen LogP contribution is 2.20. The van der Waals surface area contributed by atoms with Crippen LogP contribution in [0.1, 0.15) is 51.3 Å². The molecular weight excluding hydrogens is 276 g/mol. The average Bonchev–Trinajstić information content (AvgIpc) is 3.00. The fraction of sp³-hybridized carbons (Fsp3) is 0.556. The van der Waals surface area contributed by atoms with E-state index >= 15 is 0 Å². The van der Waals surface area contributed by atoms with E-state index in [2.05, 4.69) is 11.9 Å². The number of hydrogen-bond acceptors (Lipinski definition) is 3. The molecule has 3 rings (SSSR count). The molecule has 4 nitrogen and oxygen atoms in total. The van der Waals surface area contributed by atoms with Crippen LogP contribution in [0.25, 0.3) is 10.9 Å². The molecule has 2 aromatic rings. The van der Waals surface area contributed by atoms with E-state index in [1.807, 2.05) is 18.2 Å². The van der Waals surface area contributed by atoms with Crippen LogP contribution in [0.3, 0.4) is 0 Å². The Morgan fingerprint density at radius 2 is 2.09 bits per heavy atom. The zero-order valence-electron chi connectivity index (χ0n) is 13.3. The molecule has 1 aliphatic rings. The van der Waals surface area contributed by atoms with Crippen LogP contribution in [0.2, 0.25) is 0 Å². The zero-order chi connectivity index (χ0) is 15.4. The van der Waals surface area contributed by atoms with Crippen molar-refractivity contribution in [1.29, 1.82) is 0 Å². The van der Waals surface area contributed by atoms with E-state index in [0.717, 1.165) is 49.5 Å². The summed E-state index contributed by atoms with van der Waals surface area (Å²) < 4.78 is 7.60. The van der Waals surface area contributed by atoms with Crippen LogP contribution in [0.4, 0.5) is 0 Å². The van der Waals surface area contributed by atoms with Crippen LogP contribution in [0, 0.1) is 0 Å². The minimum Gasteiger partial charge on any atom is -0.494 e. The van der Waals surface area contributed by atoms with Gasteiger partial charge in [0, 0.05) is 13.0 Å². The Bertz CT molecular complexity index is 706. The van der Waals surface area contributed by atoms with Gasteiger partial charge in [0.1, 0.15) is 11.6 Å². The molecular formula is C18H24N2O2. The molecule has 22 heavy (non-hydrogen) atoms. The molecule has 0 N–H and O–H groups in total. The van der Waals surface area contributed by atoms with E-state index in [-0.39, 0.29) is 5.56 Å². The average molecular weight is 300 g/mol. The molecule has 0 atom stereocenters. The van der Waals surface area contributed by atoms with E-state index in [1.165, 1.54) is 25.7 Å². The molecule has 0 radical (unpaired) electrons. The summed E-state index contributed by atoms with van der Waals surface area (Å²) in [5.41, 5.74) is 0.861. The molecule has 0 unspecified atom stereocenters. The predicted octanol–water partition coefficient (Wildman–Crippen LogP) is 3.69. The smallest absolute Gasteiger partial charge is 0.261 e. The van der Waals surface area contributed by atoms with Crippen molar-refractivity contribution in [2.24, 2.45) is 0 Å². The van der Waals surface area contributed by atoms with E-state index < -0.39 is 0 Å². The lowest BCUT2D eigenvalue weighted by molar-refractivity contribution is 0.305. The quantitative estimate of drug-likeness (QED) is 0.732. The van der Waals surface area contributed by atoms with Gasteiger partial charge in [-0.05, 0) is 31.0 Å². The third-order valence-corrected chi connectivity index (χ3v) is 4.30. The molecule has 0 fully saturated rings. The summed E-state index contributed by atoms with van der Waals surface area (Å²) in [6.45, 7) is 3.73. The van der Waals surface area contributed by atoms with Gasteiger partial charge in [-0.15, -0.1) is 0 Å². The van der Waals surface area contributed by atoms with Crippen molar-refractivity contribution >= 4 is 10.9 Å². The van der Waals surface area contributed by atoms with Crippen molar-refractivity contribution in [3.05, 3.63) is 34.4 Å². The normalized spacial score (nSPS) is 13.5. The van der Waals surface area contributed by atoms with Gasteiger partial charge in [0.15, 0.2) is 0 Å². The van der Waals surface area contributed by atoms with Gasteiger partial charge in [-0.3, -0.25) is 9.36 Å². The second-order valence-electron chi connectivity index (χ2n) is 6.03. The van der Waals surface area contributed by atoms with Gasteiger partial charge in [-0.1, -0.05) is 32.6 Å². The second kappa shape index (κ2) is 6.95. The molecule has 118 valence electrons. The molecule has 0 amide bonds. The van der Waals surface area contributed by atoms with Crippen LogP contribution in [0.15, 0.2) is 23.0 Å². The summed E-state index contributed by atoms with van der Waals surface area (Å²) >= 11 is 0. The Morgan fingerprint density at radius 3 is 2.95 bits per heavy atom. The van der Waals surface area contributed by atoms with Gasteiger partial charge >= 0.3 is 0 Å². The van der Waals surface area contributed by atoms with E-state index in [4.69, 9.17) is 4.74 Å². The summed E-state index contributed by atoms with van der Waals surface area (Å²) in [7, 11) is 0. The number of nitrogens with zero attached hydrogens (tertiary/aromatic N) is 2. The topological polar surface area (TPSA) is 44.1 Å². The fourth-order valence-corrected chi connectivity index (χ4v) is 3.05. The minimum atomic E-state index is 0.0749. The van der Waals surface area contributed by atoms with Crippen molar-refractivity contribution in [2.75, 3.05) is 6.61 Å². The molecule has 2 heterocycles. The molecule has 1 aromatic carbocycles. The van der Waals surface area contributed by atoms with Crippen molar-refractivity contribution in [2.45, 2.75) is 58.4 Å². The van der Waals surface area contributed by atoms with E-state index in [1.54, 1.807) is 4.57 Å². The van der Waals surface area contributed by atoms with Crippen molar-refractivity contribution in [3.63, 3.8) is 0 Å². The molecule has 0 bridgehead atoms. The SMILES string of the molecule is CCCCCCCOc1ccc2nc3n(c(=O)c2c1)CCC3. The Balaban J connectivity index is 1.69. The fourth-order valence-electron chi connectivity index (χ4n) is 3.05. The largest absolute Gasteiger partial charge is 0.494 e. The number of benzene rings is 1. The molecule has 4 heteroatoms. The van der Waals surface area contributed by atoms with Crippen LogP contribution in [-0.4, -0.2) is 16.2 Å². The first-order valence-corrected chi connectivity index (χ1v) is 8.46. The van der Waals surface area contributed by atoms with Gasteiger partial charge in [-0.2, -0.15) is 0 Å². The standard InChI is InChI=1S/C18H24N2O2/c1-2-3-4-5-6-12-22-14-9-10-16-15(13-14)18(21)20-11-7-8-17(20)19-16/h9-10,13H,2-8,11-12H2,1H3. The van der Waals surface area contributed by atoms with Crippen LogP contribution >= 0.6 is 0 Å². The molecule has 0 aliphatic carbocycles. The molecule has 0 spiro atoms. The Morgan fingerprint density at radius 1 is 1.23 bits per heavy atom. The highest BCUT2D eigenvalue weighted by molar-refractivity contribution is 5.79. The third kappa shape index (κ3) is 3.16. The van der Waals surface area contributed by atoms with Crippen LogP contribution < -0.4 is 10.3 Å². The van der Waals surface area contributed by atoms with E-state index in [0.29, 0.717) is 5.39 Å². The first kappa shape index (κ1) is 15.1. The first-order valence-electron chi connectivity index (χ1n) is 8.46. The van der Waals surface area contributed by atoms with Gasteiger partial charge in [0.25, 0.3) is 5.56 Å². The summed E-state index contributed by atoms with van der Waals surface area (Å²) in [4.78, 5) is 17.1. The number of hydrogen-bond donors (Lipinski definition) is 0. The van der Waals surface area contributed by atoms with Crippen LogP contribution in [-0.2, 0) is 13.0 Å². The maximum Gasteiger partial charge on any atom is 0.261 e. The predicted molar refractivity (Wildman–Crippen MR) is 88.6 cm³/mol. The second-order valence-corrected chi connectivity index (χ2v) is 6.03. The molecule has 1 aliphatic heterocycles. The number of unbranched alkanes of at least 4 members (excludes halogenated alkanes) is 4. The maximum atomic E-state index is 12.5. The number of aryl methyl sites for hydroxylation is 1. The van der Waals surface area contributed by atoms with Crippen molar-refractivity contribution in [1.82, 2.24) is 9.55 Å². The van der Waals surface area contributed by atoms with Gasteiger partial charge in [0.2, 0.25) is 0 Å². The zero-order valence-corrected chi connectivity index (χ0v) is 13.3. The highest BCUT2D eigenvalue weighted by atomic mass is 16.5. The third-order valence-electron chi connectivity index (χ3n) is 4.30. The monoisotopic (exact) mass is 300 g/mol. The lowest BCUT2D eigenvalue weighted by Crippen LogP contribution is -2.20. The summed E-state index contributed by atoms with van der Waals surface area (Å²) in [6.07, 6.45) is 8.02. The first-order chi connectivity index (χ1) is 10.8. The number of rotatable bonds is 7. The minimum absolute atomic E-state index is 0.0749. The van der Waals surface area contributed by atoms with Gasteiger partial charge in [-0.25, -0.2) is 4.98 Å². The van der Waals surface area contributed by atoms with E-state index in [9.17, 15) is 4.79 Å². The summed E-state index contributed by atoms with van der Waals surface area (Å²) in [5.74, 6) is 1.70. The van der Waals surface area contributed by atoms with Crippen molar-refractivity contribution < 1.29 is 4.74 Å². The molecule has 1 aromatic heterocycles. The number of fused-ring (bicyclic) bond motifs is 2. The maximum absolute atomic E-state index is 12.5. The Hall–Kier alpha value is -1.84. The summed E-state index contributed by atoms with van der Waals surface area (Å²) in [6, 6.07) is 5.68. The lowest BCUT2D eigenvalue weighted by atomic mass is 10.2. The molecule has 0 saturated heterocycles. The Labute approximate surface area is 131 Å². The van der Waals surface area contributed by atoms with Gasteiger partial charge < -0.3 is 4.74 Å². The summed E-state index contributed by atoms with van der Waals surface area (Å²) in [5, 5.41) is 0.675. The van der Waals surface area contributed by atoms with Gasteiger partial charge in [0.05, 0.1) is 17.5 Å². The lowest BCUT2D eigenvalue weighted by Gasteiger charge is -2.08. The van der Waals surface area contributed by atoms with Crippen molar-refractivity contribution in [3.8, 4) is 5.75 Å². The Kier molecular flexibility index (Phi) is 4.76.